The predicted octanol–water partition coefficient (Wildman–Crippen LogP) is -1.16. The van der Waals surface area contributed by atoms with Crippen molar-refractivity contribution >= 4 is 27.3 Å². The first-order valence-electron chi connectivity index (χ1n) is 5.89. The molecular weight excluding hydrogens is 280 g/mol. The zero-order chi connectivity index (χ0) is 13.2. The largest absolute Gasteiger partial charge is 0.379 e. The van der Waals surface area contributed by atoms with Gasteiger partial charge in [-0.25, -0.2) is 8.42 Å². The molecule has 0 aromatic rings. The van der Waals surface area contributed by atoms with Gasteiger partial charge in [-0.1, -0.05) is 0 Å². The molecule has 0 bridgehead atoms. The monoisotopic (exact) mass is 296 g/mol. The van der Waals surface area contributed by atoms with Crippen LogP contribution in [0.5, 0.6) is 0 Å². The third-order valence-corrected chi connectivity index (χ3v) is 5.26. The van der Waals surface area contributed by atoms with Gasteiger partial charge in [0.05, 0.1) is 30.8 Å². The lowest BCUT2D eigenvalue weighted by Crippen LogP contribution is -2.54. The topological polar surface area (TPSA) is 75.7 Å². The second-order valence-electron chi connectivity index (χ2n) is 4.60. The van der Waals surface area contributed by atoms with Gasteiger partial charge in [-0.15, -0.1) is 11.6 Å². The molecule has 1 amide bonds. The maximum atomic E-state index is 11.7. The number of morpholine rings is 1. The van der Waals surface area contributed by atoms with Gasteiger partial charge in [0.2, 0.25) is 5.91 Å². The van der Waals surface area contributed by atoms with Gasteiger partial charge in [-0.3, -0.25) is 9.69 Å². The van der Waals surface area contributed by atoms with E-state index in [1.165, 1.54) is 0 Å². The van der Waals surface area contributed by atoms with Crippen molar-refractivity contribution < 1.29 is 17.9 Å². The summed E-state index contributed by atoms with van der Waals surface area (Å²) in [5.41, 5.74) is 0. The van der Waals surface area contributed by atoms with E-state index in [0.29, 0.717) is 26.3 Å². The van der Waals surface area contributed by atoms with Crippen LogP contribution in [0.3, 0.4) is 0 Å². The van der Waals surface area contributed by atoms with Crippen molar-refractivity contribution in [1.29, 1.82) is 0 Å². The van der Waals surface area contributed by atoms with Crippen molar-refractivity contribution in [3.8, 4) is 0 Å². The molecule has 0 aromatic carbocycles. The highest BCUT2D eigenvalue weighted by molar-refractivity contribution is 7.91. The normalized spacial score (nSPS) is 32.3. The number of ether oxygens (including phenoxy) is 1. The number of hydrogen-bond donors (Lipinski definition) is 1. The molecule has 1 N–H and O–H groups in total. The van der Waals surface area contributed by atoms with Crippen LogP contribution >= 0.6 is 11.6 Å². The van der Waals surface area contributed by atoms with Crippen LogP contribution in [0.15, 0.2) is 0 Å². The van der Waals surface area contributed by atoms with Crippen LogP contribution in [0.4, 0.5) is 0 Å². The number of nitrogens with one attached hydrogen (secondary N) is 1. The quantitative estimate of drug-likeness (QED) is 0.665. The zero-order valence-corrected chi connectivity index (χ0v) is 11.5. The maximum absolute atomic E-state index is 11.7. The number of nitrogens with zero attached hydrogens (tertiary/aromatic N) is 1. The first-order chi connectivity index (χ1) is 8.52. The van der Waals surface area contributed by atoms with E-state index in [4.69, 9.17) is 16.3 Å². The van der Waals surface area contributed by atoms with Crippen LogP contribution in [-0.4, -0.2) is 75.0 Å². The molecule has 0 saturated carbocycles. The van der Waals surface area contributed by atoms with Crippen molar-refractivity contribution in [1.82, 2.24) is 10.2 Å². The average Bonchev–Trinajstić information content (AvgIpc) is 2.65. The minimum Gasteiger partial charge on any atom is -0.379 e. The molecule has 0 aromatic heterocycles. The first-order valence-corrected chi connectivity index (χ1v) is 8.25. The summed E-state index contributed by atoms with van der Waals surface area (Å²) in [6.45, 7) is 2.61. The molecule has 104 valence electrons. The van der Waals surface area contributed by atoms with Gasteiger partial charge in [0.15, 0.2) is 9.84 Å². The molecule has 2 atom stereocenters. The Morgan fingerprint density at radius 3 is 2.61 bits per heavy atom. The molecule has 2 fully saturated rings. The molecule has 0 aliphatic carbocycles. The molecular formula is C10H17ClN2O4S. The van der Waals surface area contributed by atoms with Crippen LogP contribution in [0.2, 0.25) is 0 Å². The number of carbonyl (C=O) groups excluding carboxylic acids is 1. The summed E-state index contributed by atoms with van der Waals surface area (Å²) >= 11 is 5.44. The van der Waals surface area contributed by atoms with Crippen LogP contribution < -0.4 is 5.32 Å². The Bertz CT molecular complexity index is 408. The lowest BCUT2D eigenvalue weighted by Gasteiger charge is -2.34. The van der Waals surface area contributed by atoms with Crippen molar-refractivity contribution in [2.24, 2.45) is 0 Å². The summed E-state index contributed by atoms with van der Waals surface area (Å²) in [7, 11) is -3.09. The molecule has 2 saturated heterocycles. The maximum Gasteiger partial charge on any atom is 0.235 e. The Balaban J connectivity index is 2.07. The SMILES string of the molecule is O=C(CCl)N[C@@H]1CS(=O)(=O)C[C@H]1N1CCOCC1. The van der Waals surface area contributed by atoms with E-state index in [9.17, 15) is 13.2 Å². The first kappa shape index (κ1) is 14.0. The second-order valence-corrected chi connectivity index (χ2v) is 7.02. The fraction of sp³-hybridized carbons (Fsp3) is 0.900. The summed E-state index contributed by atoms with van der Waals surface area (Å²) < 4.78 is 28.7. The van der Waals surface area contributed by atoms with Gasteiger partial charge >= 0.3 is 0 Å². The Hall–Kier alpha value is -0.370. The molecule has 18 heavy (non-hydrogen) atoms. The summed E-state index contributed by atoms with van der Waals surface area (Å²) in [6, 6.07) is -0.523. The van der Waals surface area contributed by atoms with Crippen LogP contribution in [0.1, 0.15) is 0 Å². The lowest BCUT2D eigenvalue weighted by atomic mass is 10.1. The molecule has 2 aliphatic rings. The summed E-state index contributed by atoms with van der Waals surface area (Å²) in [5.74, 6) is -0.374. The molecule has 6 nitrogen and oxygen atoms in total. The minimum absolute atomic E-state index is 0.00233. The minimum atomic E-state index is -3.09. The highest BCUT2D eigenvalue weighted by Crippen LogP contribution is 2.19. The Kier molecular flexibility index (Phi) is 4.47. The average molecular weight is 297 g/mol. The zero-order valence-electron chi connectivity index (χ0n) is 9.97. The lowest BCUT2D eigenvalue weighted by molar-refractivity contribution is -0.119. The van der Waals surface area contributed by atoms with E-state index >= 15 is 0 Å². The number of sulfone groups is 1. The number of carbonyl (C=O) groups is 1. The molecule has 0 radical (unpaired) electrons. The van der Waals surface area contributed by atoms with Gasteiger partial charge in [0, 0.05) is 19.1 Å². The number of halogens is 1. The summed E-state index contributed by atoms with van der Waals surface area (Å²) in [6.07, 6.45) is 0. The van der Waals surface area contributed by atoms with Crippen molar-refractivity contribution in [3.63, 3.8) is 0 Å². The Labute approximate surface area is 112 Å². The van der Waals surface area contributed by atoms with Crippen LogP contribution in [0, 0.1) is 0 Å². The summed E-state index contributed by atoms with van der Waals surface area (Å²) in [4.78, 5) is 13.4. The van der Waals surface area contributed by atoms with E-state index in [2.05, 4.69) is 10.2 Å². The van der Waals surface area contributed by atoms with E-state index in [-0.39, 0.29) is 35.4 Å². The number of hydrogen-bond acceptors (Lipinski definition) is 5. The standard InChI is InChI=1S/C10H17ClN2O4S/c11-5-10(14)12-8-6-18(15,16)7-9(8)13-1-3-17-4-2-13/h8-9H,1-7H2,(H,12,14)/t8-,9-/m1/s1. The third kappa shape index (κ3) is 3.34. The highest BCUT2D eigenvalue weighted by Gasteiger charge is 2.41. The molecule has 2 rings (SSSR count). The van der Waals surface area contributed by atoms with Gasteiger partial charge in [0.1, 0.15) is 5.88 Å². The Morgan fingerprint density at radius 2 is 2.00 bits per heavy atom. The molecule has 0 unspecified atom stereocenters. The van der Waals surface area contributed by atoms with E-state index in [0.717, 1.165) is 0 Å². The fourth-order valence-corrected chi connectivity index (χ4v) is 4.51. The number of alkyl halides is 1. The van der Waals surface area contributed by atoms with Crippen LogP contribution in [0.25, 0.3) is 0 Å². The van der Waals surface area contributed by atoms with Crippen molar-refractivity contribution in [3.05, 3.63) is 0 Å². The van der Waals surface area contributed by atoms with Crippen LogP contribution in [-0.2, 0) is 19.4 Å². The summed E-state index contributed by atoms with van der Waals surface area (Å²) in [5, 5.41) is 2.70. The van der Waals surface area contributed by atoms with Gasteiger partial charge in [-0.05, 0) is 0 Å². The van der Waals surface area contributed by atoms with Gasteiger partial charge < -0.3 is 10.1 Å². The molecule has 0 spiro atoms. The molecule has 8 heteroatoms. The van der Waals surface area contributed by atoms with E-state index < -0.39 is 9.84 Å². The van der Waals surface area contributed by atoms with E-state index in [1.807, 2.05) is 0 Å². The number of amides is 1. The van der Waals surface area contributed by atoms with E-state index in [1.54, 1.807) is 0 Å². The van der Waals surface area contributed by atoms with Gasteiger partial charge in [0.25, 0.3) is 0 Å². The molecule has 2 aliphatic heterocycles. The smallest absolute Gasteiger partial charge is 0.235 e. The number of rotatable bonds is 3. The molecule has 2 heterocycles. The highest BCUT2D eigenvalue weighted by atomic mass is 35.5. The predicted molar refractivity (Wildman–Crippen MR) is 67.5 cm³/mol. The van der Waals surface area contributed by atoms with Gasteiger partial charge in [-0.2, -0.15) is 0 Å². The van der Waals surface area contributed by atoms with Crippen molar-refractivity contribution in [2.75, 3.05) is 43.7 Å². The third-order valence-electron chi connectivity index (χ3n) is 3.31. The second kappa shape index (κ2) is 5.73. The van der Waals surface area contributed by atoms with Crippen molar-refractivity contribution in [2.45, 2.75) is 12.1 Å². The fourth-order valence-electron chi connectivity index (χ4n) is 2.48. The Morgan fingerprint density at radius 1 is 1.33 bits per heavy atom.